The molecule has 2 heterocycles. The molecular formula is C32H36ClN5O4S. The van der Waals surface area contributed by atoms with E-state index in [4.69, 9.17) is 33.3 Å². The van der Waals surface area contributed by atoms with Crippen LogP contribution in [-0.4, -0.2) is 86.3 Å². The molecule has 0 aromatic heterocycles. The van der Waals surface area contributed by atoms with Crippen LogP contribution in [0.2, 0.25) is 5.02 Å². The highest BCUT2D eigenvalue weighted by Gasteiger charge is 2.44. The summed E-state index contributed by atoms with van der Waals surface area (Å²) < 4.78 is 10.5. The fourth-order valence-corrected chi connectivity index (χ4v) is 6.18. The van der Waals surface area contributed by atoms with Crippen LogP contribution < -0.4 is 24.6 Å². The van der Waals surface area contributed by atoms with Crippen molar-refractivity contribution in [1.82, 2.24) is 9.80 Å². The van der Waals surface area contributed by atoms with Crippen LogP contribution in [0.3, 0.4) is 0 Å². The van der Waals surface area contributed by atoms with E-state index in [-0.39, 0.29) is 18.2 Å². The number of hydrogen-bond acceptors (Lipinski definition) is 7. The lowest BCUT2D eigenvalue weighted by molar-refractivity contribution is -0.124. The van der Waals surface area contributed by atoms with Crippen molar-refractivity contribution in [3.8, 4) is 11.5 Å². The van der Waals surface area contributed by atoms with Gasteiger partial charge in [-0.05, 0) is 79.8 Å². The molecule has 1 N–H and O–H groups in total. The second-order valence-corrected chi connectivity index (χ2v) is 11.3. The number of hydrogen-bond donors (Lipinski definition) is 1. The van der Waals surface area contributed by atoms with E-state index >= 15 is 0 Å². The van der Waals surface area contributed by atoms with Crippen molar-refractivity contribution in [2.45, 2.75) is 18.9 Å². The van der Waals surface area contributed by atoms with Crippen LogP contribution in [0.4, 0.5) is 17.1 Å². The molecule has 9 nitrogen and oxygen atoms in total. The first-order chi connectivity index (χ1) is 20.9. The van der Waals surface area contributed by atoms with E-state index < -0.39 is 6.04 Å². The molecule has 11 heteroatoms. The molecule has 0 spiro atoms. The third-order valence-electron chi connectivity index (χ3n) is 7.83. The van der Waals surface area contributed by atoms with Crippen molar-refractivity contribution >= 4 is 57.8 Å². The summed E-state index contributed by atoms with van der Waals surface area (Å²) in [5.74, 6) is 0.661. The lowest BCUT2D eigenvalue weighted by Gasteiger charge is -2.36. The van der Waals surface area contributed by atoms with Crippen molar-refractivity contribution in [3.63, 3.8) is 0 Å². The van der Waals surface area contributed by atoms with Gasteiger partial charge in [0.05, 0.1) is 31.4 Å². The van der Waals surface area contributed by atoms with Crippen LogP contribution in [0.25, 0.3) is 0 Å². The van der Waals surface area contributed by atoms with Gasteiger partial charge in [0, 0.05) is 44.1 Å². The van der Waals surface area contributed by atoms with Gasteiger partial charge in [-0.25, -0.2) is 0 Å². The largest absolute Gasteiger partial charge is 0.497 e. The smallest absolute Gasteiger partial charge is 0.256 e. The third kappa shape index (κ3) is 7.21. The maximum Gasteiger partial charge on any atom is 0.256 e. The van der Waals surface area contributed by atoms with Gasteiger partial charge in [-0.3, -0.25) is 19.4 Å². The Morgan fingerprint density at radius 2 is 1.65 bits per heavy atom. The summed E-state index contributed by atoms with van der Waals surface area (Å²) in [5, 5.41) is 3.63. The Hall–Kier alpha value is -3.86. The van der Waals surface area contributed by atoms with E-state index in [0.717, 1.165) is 39.1 Å². The van der Waals surface area contributed by atoms with E-state index in [0.29, 0.717) is 39.6 Å². The highest BCUT2D eigenvalue weighted by molar-refractivity contribution is 7.80. The minimum atomic E-state index is -0.735. The van der Waals surface area contributed by atoms with Crippen LogP contribution in [0.1, 0.15) is 12.8 Å². The summed E-state index contributed by atoms with van der Waals surface area (Å²) in [6, 6.07) is 21.9. The Morgan fingerprint density at radius 1 is 0.930 bits per heavy atom. The molecule has 2 fully saturated rings. The highest BCUT2D eigenvalue weighted by atomic mass is 35.5. The first-order valence-electron chi connectivity index (χ1n) is 14.3. The maximum atomic E-state index is 13.8. The van der Waals surface area contributed by atoms with Crippen molar-refractivity contribution in [1.29, 1.82) is 0 Å². The second kappa shape index (κ2) is 14.1. The van der Waals surface area contributed by atoms with Gasteiger partial charge in [-0.15, -0.1) is 0 Å². The molecule has 2 aliphatic heterocycles. The molecule has 0 aliphatic carbocycles. The molecule has 43 heavy (non-hydrogen) atoms. The summed E-state index contributed by atoms with van der Waals surface area (Å²) in [4.78, 5) is 35.1. The Bertz CT molecular complexity index is 1430. The predicted octanol–water partition coefficient (Wildman–Crippen LogP) is 4.90. The summed E-state index contributed by atoms with van der Waals surface area (Å²) in [7, 11) is 3.12. The number of rotatable bonds is 11. The molecule has 3 aromatic rings. The van der Waals surface area contributed by atoms with Crippen LogP contribution in [0.15, 0.2) is 72.8 Å². The first kappa shape index (κ1) is 30.6. The zero-order valence-corrected chi connectivity index (χ0v) is 25.9. The standard InChI is InChI=1S/C32H36ClN5O4S/c1-41-26-12-9-23(10-13-26)34-30(39)22-28-31(40)38(25-11-14-29(42-2)27(33)21-25)32(43)37(28)16-6-15-35-17-19-36(20-18-35)24-7-4-3-5-8-24/h3-5,7-14,21,28H,6,15-20,22H2,1-2H3,(H,34,39). The van der Waals surface area contributed by atoms with Crippen molar-refractivity contribution in [3.05, 3.63) is 77.8 Å². The van der Waals surface area contributed by atoms with Crippen molar-refractivity contribution < 1.29 is 19.1 Å². The van der Waals surface area contributed by atoms with Crippen LogP contribution in [0, 0.1) is 0 Å². The lowest BCUT2D eigenvalue weighted by atomic mass is 10.1. The molecule has 0 saturated carbocycles. The summed E-state index contributed by atoms with van der Waals surface area (Å²) >= 11 is 12.2. The Balaban J connectivity index is 1.25. The summed E-state index contributed by atoms with van der Waals surface area (Å²) in [6.07, 6.45) is 0.758. The molecule has 2 saturated heterocycles. The molecule has 0 bridgehead atoms. The zero-order chi connectivity index (χ0) is 30.3. The van der Waals surface area contributed by atoms with Crippen LogP contribution >= 0.6 is 23.8 Å². The lowest BCUT2D eigenvalue weighted by Crippen LogP contribution is -2.47. The monoisotopic (exact) mass is 621 g/mol. The first-order valence-corrected chi connectivity index (χ1v) is 15.1. The Morgan fingerprint density at radius 3 is 2.30 bits per heavy atom. The molecule has 3 aromatic carbocycles. The number of carbonyl (C=O) groups excluding carboxylic acids is 2. The van der Waals surface area contributed by atoms with Crippen LogP contribution in [0.5, 0.6) is 11.5 Å². The number of nitrogens with zero attached hydrogens (tertiary/aromatic N) is 4. The molecule has 1 unspecified atom stereocenters. The molecule has 0 radical (unpaired) electrons. The van der Waals surface area contributed by atoms with E-state index in [1.165, 1.54) is 17.7 Å². The van der Waals surface area contributed by atoms with Gasteiger partial charge in [-0.1, -0.05) is 29.8 Å². The number of thiocarbonyl (C=S) groups is 1. The van der Waals surface area contributed by atoms with Gasteiger partial charge in [0.2, 0.25) is 5.91 Å². The highest BCUT2D eigenvalue weighted by Crippen LogP contribution is 2.33. The van der Waals surface area contributed by atoms with Gasteiger partial charge in [-0.2, -0.15) is 0 Å². The number of ether oxygens (including phenoxy) is 2. The SMILES string of the molecule is COc1ccc(NC(=O)CC2C(=O)N(c3ccc(OC)c(Cl)c3)C(=S)N2CCCN2CCN(c3ccccc3)CC2)cc1. The molecule has 2 amide bonds. The number of carbonyl (C=O) groups is 2. The van der Waals surface area contributed by atoms with Gasteiger partial charge in [0.15, 0.2) is 5.11 Å². The molecule has 226 valence electrons. The number of amides is 2. The average molecular weight is 622 g/mol. The topological polar surface area (TPSA) is 77.6 Å². The quantitative estimate of drug-likeness (QED) is 0.303. The van der Waals surface area contributed by atoms with E-state index in [1.807, 2.05) is 11.0 Å². The summed E-state index contributed by atoms with van der Waals surface area (Å²) in [5.41, 5.74) is 2.41. The second-order valence-electron chi connectivity index (χ2n) is 10.5. The maximum absolute atomic E-state index is 13.8. The Kier molecular flexibility index (Phi) is 10.0. The number of benzene rings is 3. The number of nitrogens with one attached hydrogen (secondary N) is 1. The number of para-hydroxylation sites is 1. The molecular weight excluding hydrogens is 586 g/mol. The number of piperazine rings is 1. The van der Waals surface area contributed by atoms with E-state index in [1.54, 1.807) is 49.6 Å². The fourth-order valence-electron chi connectivity index (χ4n) is 5.51. The Labute approximate surface area is 262 Å². The van der Waals surface area contributed by atoms with Gasteiger partial charge < -0.3 is 24.6 Å². The molecule has 2 aliphatic rings. The minimum Gasteiger partial charge on any atom is -0.497 e. The van der Waals surface area contributed by atoms with Gasteiger partial charge >= 0.3 is 0 Å². The fraction of sp³-hybridized carbons (Fsp3) is 0.344. The number of anilines is 3. The number of methoxy groups -OCH3 is 2. The number of halogens is 1. The predicted molar refractivity (Wildman–Crippen MR) is 175 cm³/mol. The molecule has 1 atom stereocenters. The van der Waals surface area contributed by atoms with Crippen molar-refractivity contribution in [2.24, 2.45) is 0 Å². The molecule has 5 rings (SSSR count). The van der Waals surface area contributed by atoms with Gasteiger partial charge in [0.1, 0.15) is 17.5 Å². The average Bonchev–Trinajstić information content (AvgIpc) is 3.26. The zero-order valence-electron chi connectivity index (χ0n) is 24.4. The summed E-state index contributed by atoms with van der Waals surface area (Å²) in [6.45, 7) is 5.26. The normalized spacial score (nSPS) is 17.4. The van der Waals surface area contributed by atoms with E-state index in [9.17, 15) is 9.59 Å². The minimum absolute atomic E-state index is 0.0405. The van der Waals surface area contributed by atoms with Crippen molar-refractivity contribution in [2.75, 3.05) is 68.6 Å². The van der Waals surface area contributed by atoms with E-state index in [2.05, 4.69) is 39.4 Å². The van der Waals surface area contributed by atoms with Gasteiger partial charge in [0.25, 0.3) is 5.91 Å². The van der Waals surface area contributed by atoms with Crippen LogP contribution in [-0.2, 0) is 9.59 Å². The third-order valence-corrected chi connectivity index (χ3v) is 8.54.